The van der Waals surface area contributed by atoms with Crippen LogP contribution in [-0.2, 0) is 0 Å². The Labute approximate surface area is 145 Å². The van der Waals surface area contributed by atoms with Gasteiger partial charge >= 0.3 is 0 Å². The first kappa shape index (κ1) is 18.0. The van der Waals surface area contributed by atoms with Crippen LogP contribution in [0.1, 0.15) is 43.0 Å². The second-order valence-corrected chi connectivity index (χ2v) is 6.45. The van der Waals surface area contributed by atoms with E-state index < -0.39 is 6.10 Å². The molecule has 1 fully saturated rings. The average molecular weight is 332 g/mol. The van der Waals surface area contributed by atoms with E-state index in [1.54, 1.807) is 0 Å². The third-order valence-corrected chi connectivity index (χ3v) is 4.66. The largest absolute Gasteiger partial charge is 0.386 e. The molecule has 124 valence electrons. The Morgan fingerprint density at radius 1 is 0.957 bits per heavy atom. The number of likely N-dealkylation sites (tertiary alicyclic amines) is 1. The van der Waals surface area contributed by atoms with Crippen LogP contribution >= 0.6 is 12.4 Å². The van der Waals surface area contributed by atoms with Crippen LogP contribution in [0.25, 0.3) is 0 Å². The molecule has 3 heteroatoms. The van der Waals surface area contributed by atoms with Crippen LogP contribution in [0.15, 0.2) is 60.7 Å². The Balaban J connectivity index is 0.00000192. The quantitative estimate of drug-likeness (QED) is 0.884. The summed E-state index contributed by atoms with van der Waals surface area (Å²) in [4.78, 5) is 2.46. The second-order valence-electron chi connectivity index (χ2n) is 6.45. The van der Waals surface area contributed by atoms with Gasteiger partial charge in [0.05, 0.1) is 12.1 Å². The lowest BCUT2D eigenvalue weighted by Gasteiger charge is -2.40. The van der Waals surface area contributed by atoms with Gasteiger partial charge in [-0.2, -0.15) is 0 Å². The van der Waals surface area contributed by atoms with Crippen molar-refractivity contribution in [1.82, 2.24) is 4.90 Å². The van der Waals surface area contributed by atoms with Gasteiger partial charge in [0.15, 0.2) is 0 Å². The number of aliphatic hydroxyl groups excluding tert-OH is 1. The Bertz CT molecular complexity index is 575. The van der Waals surface area contributed by atoms with Gasteiger partial charge in [-0.3, -0.25) is 4.90 Å². The van der Waals surface area contributed by atoms with Crippen molar-refractivity contribution in [2.24, 2.45) is 5.92 Å². The van der Waals surface area contributed by atoms with Crippen LogP contribution in [0.4, 0.5) is 0 Å². The molecule has 3 unspecified atom stereocenters. The average Bonchev–Trinajstić information content (AvgIpc) is 2.57. The number of nitrogens with zero attached hydrogens (tertiary/aromatic N) is 1. The summed E-state index contributed by atoms with van der Waals surface area (Å²) in [6, 6.07) is 20.5. The smallest absolute Gasteiger partial charge is 0.0986 e. The van der Waals surface area contributed by atoms with Gasteiger partial charge in [0.25, 0.3) is 0 Å². The van der Waals surface area contributed by atoms with E-state index in [1.165, 1.54) is 18.4 Å². The standard InChI is InChI=1S/C20H25NO.ClH/c1-16-9-8-14-21(15-16)19(17-10-4-2-5-11-17)20(22)18-12-6-3-7-13-18;/h2-7,10-13,16,19-20,22H,8-9,14-15H2,1H3;1H. The highest BCUT2D eigenvalue weighted by Gasteiger charge is 2.31. The van der Waals surface area contributed by atoms with E-state index in [4.69, 9.17) is 0 Å². The zero-order chi connectivity index (χ0) is 15.4. The maximum absolute atomic E-state index is 11.0. The molecular weight excluding hydrogens is 306 g/mol. The van der Waals surface area contributed by atoms with Gasteiger partial charge in [0, 0.05) is 6.54 Å². The van der Waals surface area contributed by atoms with Crippen molar-refractivity contribution in [3.8, 4) is 0 Å². The van der Waals surface area contributed by atoms with E-state index in [2.05, 4.69) is 36.1 Å². The van der Waals surface area contributed by atoms with Gasteiger partial charge < -0.3 is 5.11 Å². The molecule has 1 heterocycles. The van der Waals surface area contributed by atoms with E-state index in [9.17, 15) is 5.11 Å². The summed E-state index contributed by atoms with van der Waals surface area (Å²) in [7, 11) is 0. The van der Waals surface area contributed by atoms with Gasteiger partial charge in [-0.15, -0.1) is 12.4 Å². The molecule has 1 aliphatic rings. The van der Waals surface area contributed by atoms with Gasteiger partial charge in [-0.1, -0.05) is 67.6 Å². The van der Waals surface area contributed by atoms with E-state index in [0.717, 1.165) is 18.7 Å². The topological polar surface area (TPSA) is 23.5 Å². The molecule has 0 aliphatic carbocycles. The molecule has 23 heavy (non-hydrogen) atoms. The van der Waals surface area contributed by atoms with Crippen LogP contribution in [0.2, 0.25) is 0 Å². The maximum Gasteiger partial charge on any atom is 0.0986 e. The number of hydrogen-bond donors (Lipinski definition) is 1. The van der Waals surface area contributed by atoms with Gasteiger partial charge in [-0.05, 0) is 36.4 Å². The fourth-order valence-electron chi connectivity index (χ4n) is 3.55. The van der Waals surface area contributed by atoms with Crippen molar-refractivity contribution in [2.45, 2.75) is 31.9 Å². The zero-order valence-corrected chi connectivity index (χ0v) is 14.5. The molecule has 1 N–H and O–H groups in total. The van der Waals surface area contributed by atoms with Crippen molar-refractivity contribution < 1.29 is 5.11 Å². The molecule has 1 aliphatic heterocycles. The highest BCUT2D eigenvalue weighted by Crippen LogP contribution is 2.36. The maximum atomic E-state index is 11.0. The van der Waals surface area contributed by atoms with Gasteiger partial charge in [0.2, 0.25) is 0 Å². The minimum Gasteiger partial charge on any atom is -0.386 e. The molecule has 2 aromatic carbocycles. The molecule has 0 bridgehead atoms. The fraction of sp³-hybridized carbons (Fsp3) is 0.400. The Hall–Kier alpha value is -1.35. The summed E-state index contributed by atoms with van der Waals surface area (Å²) in [6.45, 7) is 4.43. The molecule has 2 nitrogen and oxygen atoms in total. The first-order valence-corrected chi connectivity index (χ1v) is 8.27. The fourth-order valence-corrected chi connectivity index (χ4v) is 3.55. The highest BCUT2D eigenvalue weighted by molar-refractivity contribution is 5.85. The predicted molar refractivity (Wildman–Crippen MR) is 97.8 cm³/mol. The number of hydrogen-bond acceptors (Lipinski definition) is 2. The Kier molecular flexibility index (Phi) is 6.64. The molecule has 0 amide bonds. The molecule has 3 rings (SSSR count). The van der Waals surface area contributed by atoms with Crippen molar-refractivity contribution in [1.29, 1.82) is 0 Å². The van der Waals surface area contributed by atoms with E-state index in [-0.39, 0.29) is 18.4 Å². The second kappa shape index (κ2) is 8.49. The first-order valence-electron chi connectivity index (χ1n) is 8.27. The van der Waals surface area contributed by atoms with Crippen LogP contribution < -0.4 is 0 Å². The van der Waals surface area contributed by atoms with Crippen molar-refractivity contribution >= 4 is 12.4 Å². The third kappa shape index (κ3) is 4.35. The van der Waals surface area contributed by atoms with Crippen LogP contribution in [-0.4, -0.2) is 23.1 Å². The highest BCUT2D eigenvalue weighted by atomic mass is 35.5. The van der Waals surface area contributed by atoms with E-state index in [0.29, 0.717) is 5.92 Å². The summed E-state index contributed by atoms with van der Waals surface area (Å²) in [5.74, 6) is 0.697. The van der Waals surface area contributed by atoms with Crippen LogP contribution in [0, 0.1) is 5.92 Å². The minimum absolute atomic E-state index is 0. The summed E-state index contributed by atoms with van der Waals surface area (Å²) in [5.41, 5.74) is 2.20. The minimum atomic E-state index is -0.492. The summed E-state index contributed by atoms with van der Waals surface area (Å²) < 4.78 is 0. The summed E-state index contributed by atoms with van der Waals surface area (Å²) in [6.07, 6.45) is 2.01. The first-order chi connectivity index (χ1) is 10.8. The molecular formula is C20H26ClNO. The number of piperidine rings is 1. The third-order valence-electron chi connectivity index (χ3n) is 4.66. The van der Waals surface area contributed by atoms with Gasteiger partial charge in [-0.25, -0.2) is 0 Å². The normalized spacial score (nSPS) is 21.2. The number of rotatable bonds is 4. The summed E-state index contributed by atoms with van der Waals surface area (Å²) in [5, 5.41) is 11.0. The van der Waals surface area contributed by atoms with Crippen molar-refractivity contribution in [3.63, 3.8) is 0 Å². The lowest BCUT2D eigenvalue weighted by atomic mass is 9.90. The summed E-state index contributed by atoms with van der Waals surface area (Å²) >= 11 is 0. The van der Waals surface area contributed by atoms with Crippen LogP contribution in [0.3, 0.4) is 0 Å². The molecule has 3 atom stereocenters. The number of halogens is 1. The van der Waals surface area contributed by atoms with Crippen molar-refractivity contribution in [2.75, 3.05) is 13.1 Å². The molecule has 0 spiro atoms. The number of benzene rings is 2. The Morgan fingerprint density at radius 2 is 1.52 bits per heavy atom. The zero-order valence-electron chi connectivity index (χ0n) is 13.6. The monoisotopic (exact) mass is 331 g/mol. The van der Waals surface area contributed by atoms with E-state index in [1.807, 2.05) is 36.4 Å². The lowest BCUT2D eigenvalue weighted by molar-refractivity contribution is 0.0246. The molecule has 0 radical (unpaired) electrons. The molecule has 1 saturated heterocycles. The van der Waals surface area contributed by atoms with Crippen LogP contribution in [0.5, 0.6) is 0 Å². The molecule has 2 aromatic rings. The Morgan fingerprint density at radius 3 is 2.09 bits per heavy atom. The predicted octanol–water partition coefficient (Wildman–Crippen LogP) is 4.62. The number of aliphatic hydroxyl groups is 1. The molecule has 0 aromatic heterocycles. The van der Waals surface area contributed by atoms with Gasteiger partial charge in [0.1, 0.15) is 0 Å². The lowest BCUT2D eigenvalue weighted by Crippen LogP contribution is -2.40. The molecule has 0 saturated carbocycles. The van der Waals surface area contributed by atoms with Crippen molar-refractivity contribution in [3.05, 3.63) is 71.8 Å². The SMILES string of the molecule is CC1CCCN(C(c2ccccc2)C(O)c2ccccc2)C1.Cl. The van der Waals surface area contributed by atoms with E-state index >= 15 is 0 Å².